The summed E-state index contributed by atoms with van der Waals surface area (Å²) in [5.41, 5.74) is 0. The average Bonchev–Trinajstić information content (AvgIpc) is 0.722. The number of hydrogen-bond donors (Lipinski definition) is 0. The third-order valence-corrected chi connectivity index (χ3v) is 0. The second kappa shape index (κ2) is 6.79. The van der Waals surface area contributed by atoms with Crippen molar-refractivity contribution < 1.29 is 37.7 Å². The normalized spacial score (nSPS) is 10.0. The molecule has 0 bridgehead atoms. The van der Waals surface area contributed by atoms with Crippen LogP contribution in [0.4, 0.5) is 0 Å². The molecular weight excluding hydrogens is 755 g/mol. The molecule has 0 aromatic carbocycles. The summed E-state index contributed by atoms with van der Waals surface area (Å²) >= 11 is 10.2. The van der Waals surface area contributed by atoms with E-state index in [0.717, 1.165) is 0 Å². The molecule has 0 spiro atoms. The van der Waals surface area contributed by atoms with Crippen LogP contribution in [-0.2, 0) is 0 Å². The van der Waals surface area contributed by atoms with Crippen LogP contribution < -0.4 is 0 Å². The SMILES string of the molecule is [Ar].[I][Pb]([I])([I])[I]. The molecule has 0 saturated carbocycles. The van der Waals surface area contributed by atoms with Crippen molar-refractivity contribution in [1.82, 2.24) is 0 Å². The van der Waals surface area contributed by atoms with E-state index in [1.807, 2.05) is 0 Å². The van der Waals surface area contributed by atoms with Gasteiger partial charge in [0.15, 0.2) is 0 Å². The maximum absolute atomic E-state index is 2.56. The fourth-order valence-electron chi connectivity index (χ4n) is 0. The average molecular weight is 755 g/mol. The molecule has 0 unspecified atom stereocenters. The van der Waals surface area contributed by atoms with Crippen molar-refractivity contribution in [2.75, 3.05) is 0 Å². The molecule has 0 radical (unpaired) electrons. The molecule has 0 aromatic heterocycles. The number of hydrogen-bond acceptors (Lipinski definition) is 0. The van der Waals surface area contributed by atoms with Crippen LogP contribution >= 0.6 is 71.0 Å². The van der Waals surface area contributed by atoms with Gasteiger partial charge in [0, 0.05) is 37.7 Å². The van der Waals surface area contributed by atoms with E-state index in [4.69, 9.17) is 0 Å². The summed E-state index contributed by atoms with van der Waals surface area (Å²) < 4.78 is -1.40. The Morgan fingerprint density at radius 2 is 0.833 bits per heavy atom. The van der Waals surface area contributed by atoms with Crippen LogP contribution in [0.2, 0.25) is 0 Å². The van der Waals surface area contributed by atoms with Gasteiger partial charge in [0.2, 0.25) is 0 Å². The van der Waals surface area contributed by atoms with Crippen LogP contribution in [-0.4, -0.2) is 4.00 Å². The fraction of sp³-hybridized carbons (Fsp3) is 0. The third kappa shape index (κ3) is 23.0. The molecule has 0 aliphatic rings. The molecule has 40 valence electrons. The van der Waals surface area contributed by atoms with Crippen molar-refractivity contribution in [3.8, 4) is 0 Å². The first-order valence-electron chi connectivity index (χ1n) is 0.756. The minimum absolute atomic E-state index is 0. The van der Waals surface area contributed by atoms with Gasteiger partial charge in [0.05, 0.1) is 0 Å². The minimum atomic E-state index is -1.40. The van der Waals surface area contributed by atoms with Gasteiger partial charge in [-0.05, 0) is 0 Å². The Morgan fingerprint density at radius 1 is 0.833 bits per heavy atom. The van der Waals surface area contributed by atoms with Gasteiger partial charge in [-0.15, -0.1) is 0 Å². The van der Waals surface area contributed by atoms with E-state index in [2.05, 4.69) is 71.0 Å². The molecule has 0 heterocycles. The van der Waals surface area contributed by atoms with Gasteiger partial charge in [0.1, 0.15) is 0 Å². The van der Waals surface area contributed by atoms with Gasteiger partial charge in [-0.3, -0.25) is 0 Å². The second-order valence-electron chi connectivity index (χ2n) is 0.429. The molecule has 6 heteroatoms. The van der Waals surface area contributed by atoms with E-state index >= 15 is 0 Å². The topological polar surface area (TPSA) is 0 Å². The first-order valence-corrected chi connectivity index (χ1v) is 44.5. The Hall–Kier alpha value is 5.10. The van der Waals surface area contributed by atoms with E-state index in [0.29, 0.717) is 0 Å². The molecule has 0 aliphatic heterocycles. The van der Waals surface area contributed by atoms with Crippen molar-refractivity contribution >= 4 is 75.0 Å². The van der Waals surface area contributed by atoms with E-state index in [1.54, 1.807) is 0 Å². The van der Waals surface area contributed by atoms with Crippen LogP contribution in [0.5, 0.6) is 0 Å². The zero-order chi connectivity index (χ0) is 4.50. The summed E-state index contributed by atoms with van der Waals surface area (Å²) in [5, 5.41) is 0. The van der Waals surface area contributed by atoms with Crippen molar-refractivity contribution in [2.45, 2.75) is 0 Å². The summed E-state index contributed by atoms with van der Waals surface area (Å²) in [6.07, 6.45) is 0. The van der Waals surface area contributed by atoms with Crippen LogP contribution in [0, 0.1) is 37.7 Å². The van der Waals surface area contributed by atoms with Gasteiger partial charge >= 0.3 is 75.0 Å². The molecule has 6 heavy (non-hydrogen) atoms. The Bertz CT molecular complexity index is 23.0. The summed E-state index contributed by atoms with van der Waals surface area (Å²) in [5.74, 6) is 0. The quantitative estimate of drug-likeness (QED) is 0.264. The van der Waals surface area contributed by atoms with Crippen LogP contribution in [0.3, 0.4) is 0 Å². The van der Waals surface area contributed by atoms with Gasteiger partial charge < -0.3 is 0 Å². The predicted octanol–water partition coefficient (Wildman–Crippen LogP) is 3.16. The molecule has 0 N–H and O–H groups in total. The molecular formula is ArI4Pb. The zero-order valence-corrected chi connectivity index (χ0v) is 15.6. The summed E-state index contributed by atoms with van der Waals surface area (Å²) in [4.78, 5) is 0. The molecule has 0 amide bonds. The molecule has 0 saturated heterocycles. The fourth-order valence-corrected chi connectivity index (χ4v) is 0. The first kappa shape index (κ1) is 13.7. The molecule has 0 nitrogen and oxygen atoms in total. The van der Waals surface area contributed by atoms with Crippen molar-refractivity contribution in [3.63, 3.8) is 0 Å². The third-order valence-electron chi connectivity index (χ3n) is 0. The Balaban J connectivity index is 0. The van der Waals surface area contributed by atoms with E-state index in [9.17, 15) is 0 Å². The molecule has 0 fully saturated rings. The monoisotopic (exact) mass is 756 g/mol. The Kier molecular flexibility index (Phi) is 15.5. The van der Waals surface area contributed by atoms with Crippen LogP contribution in [0.15, 0.2) is 0 Å². The standard InChI is InChI=1S/Ar.4HI.Pb/h;4*1H;/q;;;;;+4/p-4. The van der Waals surface area contributed by atoms with Crippen LogP contribution in [0.25, 0.3) is 0 Å². The molecule has 0 atom stereocenters. The number of rotatable bonds is 0. The van der Waals surface area contributed by atoms with Crippen molar-refractivity contribution in [3.05, 3.63) is 0 Å². The summed E-state index contributed by atoms with van der Waals surface area (Å²) in [6, 6.07) is 0. The maximum atomic E-state index is 2.56. The summed E-state index contributed by atoms with van der Waals surface area (Å²) in [7, 11) is 0. The molecule has 0 rings (SSSR count). The molecule has 0 aromatic rings. The second-order valence-corrected chi connectivity index (χ2v) is 169. The first-order chi connectivity index (χ1) is 2.00. The van der Waals surface area contributed by atoms with Gasteiger partial charge in [-0.25, -0.2) is 0 Å². The van der Waals surface area contributed by atoms with Crippen molar-refractivity contribution in [1.29, 1.82) is 0 Å². The van der Waals surface area contributed by atoms with E-state index < -0.39 is 4.00 Å². The zero-order valence-electron chi connectivity index (χ0n) is 2.37. The molecule has 0 aliphatic carbocycles. The summed E-state index contributed by atoms with van der Waals surface area (Å²) in [6.45, 7) is 0. The Labute approximate surface area is 108 Å². The van der Waals surface area contributed by atoms with Crippen LogP contribution in [0.1, 0.15) is 0 Å². The van der Waals surface area contributed by atoms with E-state index in [-0.39, 0.29) is 37.7 Å². The Morgan fingerprint density at radius 3 is 0.833 bits per heavy atom. The van der Waals surface area contributed by atoms with Gasteiger partial charge in [0.25, 0.3) is 0 Å². The predicted molar refractivity (Wildman–Crippen MR) is 61.8 cm³/mol. The van der Waals surface area contributed by atoms with Gasteiger partial charge in [-0.2, -0.15) is 0 Å². The van der Waals surface area contributed by atoms with E-state index in [1.165, 1.54) is 0 Å². The van der Waals surface area contributed by atoms with Gasteiger partial charge in [-0.1, -0.05) is 0 Å². The van der Waals surface area contributed by atoms with Crippen molar-refractivity contribution in [2.24, 2.45) is 0 Å². The number of halogens is 4.